The maximum absolute atomic E-state index is 11.5. The van der Waals surface area contributed by atoms with Crippen LogP contribution in [0.5, 0.6) is 5.75 Å². The van der Waals surface area contributed by atoms with Crippen LogP contribution in [-0.2, 0) is 9.53 Å². The number of ether oxygens (including phenoxy) is 2. The van der Waals surface area contributed by atoms with Crippen molar-refractivity contribution in [2.24, 2.45) is 5.92 Å². The van der Waals surface area contributed by atoms with Crippen LogP contribution < -0.4 is 4.74 Å². The van der Waals surface area contributed by atoms with Crippen LogP contribution in [0.3, 0.4) is 0 Å². The van der Waals surface area contributed by atoms with E-state index in [0.717, 1.165) is 30.3 Å². The average molecular weight is 314 g/mol. The molecule has 0 spiro atoms. The molecule has 1 aliphatic carbocycles. The van der Waals surface area contributed by atoms with Crippen molar-refractivity contribution >= 4 is 5.97 Å². The first-order valence-electron chi connectivity index (χ1n) is 8.44. The normalized spacial score (nSPS) is 15.6. The van der Waals surface area contributed by atoms with E-state index in [4.69, 9.17) is 9.47 Å². The summed E-state index contributed by atoms with van der Waals surface area (Å²) in [6.07, 6.45) is 6.88. The molecule has 0 radical (unpaired) electrons. The maximum Gasteiger partial charge on any atom is 0.307 e. The van der Waals surface area contributed by atoms with Gasteiger partial charge in [-0.3, -0.25) is 4.79 Å². The van der Waals surface area contributed by atoms with Crippen molar-refractivity contribution in [1.82, 2.24) is 0 Å². The quantitative estimate of drug-likeness (QED) is 0.555. The van der Waals surface area contributed by atoms with E-state index in [-0.39, 0.29) is 18.3 Å². The molecule has 0 bridgehead atoms. The molecule has 3 nitrogen and oxygen atoms in total. The number of rotatable bonds is 7. The van der Waals surface area contributed by atoms with E-state index in [0.29, 0.717) is 0 Å². The van der Waals surface area contributed by atoms with E-state index in [2.05, 4.69) is 11.8 Å². The smallest absolute Gasteiger partial charge is 0.307 e. The Hall–Kier alpha value is -1.95. The molecule has 124 valence electrons. The summed E-state index contributed by atoms with van der Waals surface area (Å²) in [5.74, 6) is 7.32. The number of hydrogen-bond donors (Lipinski definition) is 0. The first-order valence-corrected chi connectivity index (χ1v) is 8.44. The van der Waals surface area contributed by atoms with Gasteiger partial charge in [0.2, 0.25) is 0 Å². The molecular weight excluding hydrogens is 288 g/mol. The number of esters is 1. The van der Waals surface area contributed by atoms with Gasteiger partial charge in [-0.15, -0.1) is 5.92 Å². The molecule has 1 fully saturated rings. The average Bonchev–Trinajstić information content (AvgIpc) is 3.08. The fourth-order valence-electron chi connectivity index (χ4n) is 3.12. The van der Waals surface area contributed by atoms with Crippen LogP contribution in [0.25, 0.3) is 0 Å². The monoisotopic (exact) mass is 314 g/mol. The minimum Gasteiger partial charge on any atom is -0.494 e. The maximum atomic E-state index is 11.5. The standard InChI is InChI=1S/C20H26O3/c1-3-6-18(15-20(21)22-2)17-9-11-19(12-10-17)23-14-13-16-7-4-5-8-16/h9-12,16,18H,4-5,7-8,13-15H2,1-2H3/t18-/m0/s1. The van der Waals surface area contributed by atoms with Gasteiger partial charge >= 0.3 is 5.97 Å². The summed E-state index contributed by atoms with van der Waals surface area (Å²) in [5.41, 5.74) is 1.02. The lowest BCUT2D eigenvalue weighted by Gasteiger charge is -2.13. The topological polar surface area (TPSA) is 35.5 Å². The van der Waals surface area contributed by atoms with Crippen molar-refractivity contribution in [2.45, 2.75) is 51.4 Å². The van der Waals surface area contributed by atoms with Gasteiger partial charge in [-0.25, -0.2) is 0 Å². The summed E-state index contributed by atoms with van der Waals surface area (Å²) in [6, 6.07) is 7.91. The van der Waals surface area contributed by atoms with E-state index in [9.17, 15) is 4.79 Å². The number of carbonyl (C=O) groups is 1. The van der Waals surface area contributed by atoms with Gasteiger partial charge in [0.25, 0.3) is 0 Å². The van der Waals surface area contributed by atoms with Crippen molar-refractivity contribution < 1.29 is 14.3 Å². The van der Waals surface area contributed by atoms with Crippen molar-refractivity contribution in [3.8, 4) is 17.6 Å². The second-order valence-electron chi connectivity index (χ2n) is 6.08. The first-order chi connectivity index (χ1) is 11.2. The van der Waals surface area contributed by atoms with E-state index >= 15 is 0 Å². The zero-order valence-electron chi connectivity index (χ0n) is 14.1. The van der Waals surface area contributed by atoms with Gasteiger partial charge in [-0.05, 0) is 37.0 Å². The Morgan fingerprint density at radius 2 is 1.96 bits per heavy atom. The zero-order valence-corrected chi connectivity index (χ0v) is 14.1. The summed E-state index contributed by atoms with van der Waals surface area (Å²) in [6.45, 7) is 2.56. The molecule has 1 atom stereocenters. The van der Waals surface area contributed by atoms with Crippen molar-refractivity contribution in [3.05, 3.63) is 29.8 Å². The first kappa shape index (κ1) is 17.4. The molecule has 23 heavy (non-hydrogen) atoms. The summed E-state index contributed by atoms with van der Waals surface area (Å²) in [5, 5.41) is 0. The summed E-state index contributed by atoms with van der Waals surface area (Å²) in [7, 11) is 1.40. The van der Waals surface area contributed by atoms with Gasteiger partial charge in [-0.1, -0.05) is 43.7 Å². The van der Waals surface area contributed by atoms with Crippen LogP contribution in [0.4, 0.5) is 0 Å². The Bertz CT molecular complexity index is 544. The summed E-state index contributed by atoms with van der Waals surface area (Å²) < 4.78 is 10.6. The SMILES string of the molecule is CC#C[C@@H](CC(=O)OC)c1ccc(OCCC2CCCC2)cc1. The number of hydrogen-bond acceptors (Lipinski definition) is 3. The van der Waals surface area contributed by atoms with Crippen LogP contribution in [0.2, 0.25) is 0 Å². The predicted octanol–water partition coefficient (Wildman–Crippen LogP) is 4.32. The Kier molecular flexibility index (Phi) is 7.00. The molecule has 0 aliphatic heterocycles. The van der Waals surface area contributed by atoms with Gasteiger partial charge in [0.1, 0.15) is 5.75 Å². The highest BCUT2D eigenvalue weighted by Crippen LogP contribution is 2.28. The Labute approximate surface area is 139 Å². The Balaban J connectivity index is 1.88. The molecule has 0 heterocycles. The zero-order chi connectivity index (χ0) is 16.5. The Morgan fingerprint density at radius 1 is 1.26 bits per heavy atom. The highest BCUT2D eigenvalue weighted by atomic mass is 16.5. The van der Waals surface area contributed by atoms with Gasteiger partial charge in [0.15, 0.2) is 0 Å². The van der Waals surface area contributed by atoms with Gasteiger partial charge in [-0.2, -0.15) is 0 Å². The van der Waals surface area contributed by atoms with E-state index in [1.165, 1.54) is 32.8 Å². The minimum absolute atomic E-state index is 0.125. The summed E-state index contributed by atoms with van der Waals surface area (Å²) in [4.78, 5) is 11.5. The predicted molar refractivity (Wildman–Crippen MR) is 91.3 cm³/mol. The number of benzene rings is 1. The third kappa shape index (κ3) is 5.63. The molecule has 2 rings (SSSR count). The molecule has 1 saturated carbocycles. The second kappa shape index (κ2) is 9.25. The fraction of sp³-hybridized carbons (Fsp3) is 0.550. The highest BCUT2D eigenvalue weighted by molar-refractivity contribution is 5.71. The molecule has 1 aromatic carbocycles. The van der Waals surface area contributed by atoms with Crippen molar-refractivity contribution in [3.63, 3.8) is 0 Å². The van der Waals surface area contributed by atoms with Crippen molar-refractivity contribution in [2.75, 3.05) is 13.7 Å². The van der Waals surface area contributed by atoms with Crippen LogP contribution in [0, 0.1) is 17.8 Å². The van der Waals surface area contributed by atoms with Crippen molar-refractivity contribution in [1.29, 1.82) is 0 Å². The number of carbonyl (C=O) groups excluding carboxylic acids is 1. The van der Waals surface area contributed by atoms with Crippen LogP contribution in [-0.4, -0.2) is 19.7 Å². The molecular formula is C20H26O3. The third-order valence-corrected chi connectivity index (χ3v) is 4.47. The molecule has 0 aromatic heterocycles. The molecule has 0 amide bonds. The lowest BCUT2D eigenvalue weighted by molar-refractivity contribution is -0.140. The van der Waals surface area contributed by atoms with E-state index in [1.807, 2.05) is 24.3 Å². The lowest BCUT2D eigenvalue weighted by atomic mass is 9.96. The fourth-order valence-corrected chi connectivity index (χ4v) is 3.12. The molecule has 0 saturated heterocycles. The van der Waals surface area contributed by atoms with Crippen LogP contribution in [0.15, 0.2) is 24.3 Å². The molecule has 0 N–H and O–H groups in total. The second-order valence-corrected chi connectivity index (χ2v) is 6.08. The van der Waals surface area contributed by atoms with Gasteiger partial charge in [0.05, 0.1) is 26.1 Å². The third-order valence-electron chi connectivity index (χ3n) is 4.47. The molecule has 3 heteroatoms. The molecule has 1 aliphatic rings. The van der Waals surface area contributed by atoms with E-state index < -0.39 is 0 Å². The lowest BCUT2D eigenvalue weighted by Crippen LogP contribution is -2.07. The highest BCUT2D eigenvalue weighted by Gasteiger charge is 2.16. The van der Waals surface area contributed by atoms with Gasteiger partial charge in [0, 0.05) is 0 Å². The Morgan fingerprint density at radius 3 is 2.57 bits per heavy atom. The van der Waals surface area contributed by atoms with E-state index in [1.54, 1.807) is 6.92 Å². The van der Waals surface area contributed by atoms with Crippen LogP contribution >= 0.6 is 0 Å². The van der Waals surface area contributed by atoms with Gasteiger partial charge < -0.3 is 9.47 Å². The largest absolute Gasteiger partial charge is 0.494 e. The molecule has 0 unspecified atom stereocenters. The number of methoxy groups -OCH3 is 1. The summed E-state index contributed by atoms with van der Waals surface area (Å²) >= 11 is 0. The molecule has 1 aromatic rings. The minimum atomic E-state index is -0.241. The van der Waals surface area contributed by atoms with Crippen LogP contribution in [0.1, 0.15) is 56.9 Å².